The van der Waals surface area contributed by atoms with Crippen LogP contribution in [0.4, 0.5) is 4.79 Å². The highest BCUT2D eigenvalue weighted by atomic mass is 32.2. The maximum absolute atomic E-state index is 12.3. The number of hydrogen-bond acceptors (Lipinski definition) is 4. The number of sulfone groups is 1. The van der Waals surface area contributed by atoms with Crippen LogP contribution in [0, 0.1) is 0 Å². The molecule has 0 unspecified atom stereocenters. The topological polar surface area (TPSA) is 95.0 Å². The summed E-state index contributed by atoms with van der Waals surface area (Å²) in [6.45, 7) is 0.220. The standard InChI is InChI=1S/C11H18N2O5S/c14-10(15)8-13(9-2-3-9)11(16)12-4-1-6-19(17,18)7-5-12/h9H,1-8H2,(H,14,15). The molecule has 0 aromatic rings. The molecule has 1 heterocycles. The van der Waals surface area contributed by atoms with Crippen LogP contribution in [0.3, 0.4) is 0 Å². The van der Waals surface area contributed by atoms with Gasteiger partial charge in [-0.15, -0.1) is 0 Å². The summed E-state index contributed by atoms with van der Waals surface area (Å²) in [4.78, 5) is 25.9. The monoisotopic (exact) mass is 290 g/mol. The first-order valence-corrected chi connectivity index (χ1v) is 8.19. The zero-order valence-corrected chi connectivity index (χ0v) is 11.4. The Labute approximate surface area is 112 Å². The molecule has 2 aliphatic rings. The fourth-order valence-electron chi connectivity index (χ4n) is 2.20. The Morgan fingerprint density at radius 2 is 1.89 bits per heavy atom. The number of aliphatic carboxylic acids is 1. The Bertz CT molecular complexity index is 471. The summed E-state index contributed by atoms with van der Waals surface area (Å²) < 4.78 is 23.0. The maximum atomic E-state index is 12.3. The lowest BCUT2D eigenvalue weighted by molar-refractivity contribution is -0.137. The second kappa shape index (κ2) is 5.36. The molecular formula is C11H18N2O5S. The van der Waals surface area contributed by atoms with Crippen LogP contribution >= 0.6 is 0 Å². The molecular weight excluding hydrogens is 272 g/mol. The second-order valence-corrected chi connectivity index (χ2v) is 7.33. The molecule has 2 amide bonds. The fourth-order valence-corrected chi connectivity index (χ4v) is 3.47. The van der Waals surface area contributed by atoms with Gasteiger partial charge < -0.3 is 14.9 Å². The van der Waals surface area contributed by atoms with Crippen LogP contribution in [-0.2, 0) is 14.6 Å². The number of carboxylic acids is 1. The molecule has 108 valence electrons. The minimum absolute atomic E-state index is 0.00320. The van der Waals surface area contributed by atoms with E-state index in [1.165, 1.54) is 9.80 Å². The SMILES string of the molecule is O=C(O)CN(C(=O)N1CCCS(=O)(=O)CC1)C1CC1. The van der Waals surface area contributed by atoms with Gasteiger partial charge in [-0.05, 0) is 19.3 Å². The molecule has 2 fully saturated rings. The summed E-state index contributed by atoms with van der Waals surface area (Å²) in [7, 11) is -3.07. The van der Waals surface area contributed by atoms with Crippen molar-refractivity contribution in [1.82, 2.24) is 9.80 Å². The molecule has 0 atom stereocenters. The van der Waals surface area contributed by atoms with Crippen LogP contribution in [-0.4, -0.2) is 72.5 Å². The van der Waals surface area contributed by atoms with Gasteiger partial charge in [-0.2, -0.15) is 0 Å². The first-order valence-electron chi connectivity index (χ1n) is 6.37. The number of carbonyl (C=O) groups excluding carboxylic acids is 1. The van der Waals surface area contributed by atoms with E-state index in [4.69, 9.17) is 5.11 Å². The van der Waals surface area contributed by atoms with Gasteiger partial charge in [0.05, 0.1) is 11.5 Å². The van der Waals surface area contributed by atoms with Gasteiger partial charge in [0, 0.05) is 19.1 Å². The van der Waals surface area contributed by atoms with Gasteiger partial charge in [-0.25, -0.2) is 13.2 Å². The predicted octanol–water partition coefficient (Wildman–Crippen LogP) is -0.224. The Kier molecular flexibility index (Phi) is 3.98. The van der Waals surface area contributed by atoms with Crippen molar-refractivity contribution in [3.8, 4) is 0 Å². The van der Waals surface area contributed by atoms with Crippen molar-refractivity contribution >= 4 is 21.8 Å². The average molecular weight is 290 g/mol. The lowest BCUT2D eigenvalue weighted by Crippen LogP contribution is -2.47. The lowest BCUT2D eigenvalue weighted by atomic mass is 10.4. The largest absolute Gasteiger partial charge is 0.480 e. The molecule has 1 aliphatic carbocycles. The highest BCUT2D eigenvalue weighted by Gasteiger charge is 2.36. The first kappa shape index (κ1) is 14.1. The van der Waals surface area contributed by atoms with E-state index in [2.05, 4.69) is 0 Å². The van der Waals surface area contributed by atoms with Crippen LogP contribution in [0.5, 0.6) is 0 Å². The number of rotatable bonds is 3. The third-order valence-corrected chi connectivity index (χ3v) is 5.08. The molecule has 0 spiro atoms. The molecule has 1 saturated carbocycles. The smallest absolute Gasteiger partial charge is 0.323 e. The summed E-state index contributed by atoms with van der Waals surface area (Å²) in [6, 6.07) is -0.342. The van der Waals surface area contributed by atoms with Crippen LogP contribution in [0.25, 0.3) is 0 Å². The molecule has 0 radical (unpaired) electrons. The van der Waals surface area contributed by atoms with Gasteiger partial charge >= 0.3 is 12.0 Å². The van der Waals surface area contributed by atoms with Crippen molar-refractivity contribution in [1.29, 1.82) is 0 Å². The van der Waals surface area contributed by atoms with Gasteiger partial charge in [-0.3, -0.25) is 4.79 Å². The molecule has 1 N–H and O–H groups in total. The van der Waals surface area contributed by atoms with Gasteiger partial charge in [0.15, 0.2) is 9.84 Å². The van der Waals surface area contributed by atoms with Crippen molar-refractivity contribution in [3.63, 3.8) is 0 Å². The minimum Gasteiger partial charge on any atom is -0.480 e. The molecule has 8 heteroatoms. The molecule has 2 rings (SSSR count). The average Bonchev–Trinajstić information content (AvgIpc) is 3.12. The Morgan fingerprint density at radius 1 is 1.21 bits per heavy atom. The van der Waals surface area contributed by atoms with Gasteiger partial charge in [0.2, 0.25) is 0 Å². The third kappa shape index (κ3) is 3.82. The molecule has 1 saturated heterocycles. The summed E-state index contributed by atoms with van der Waals surface area (Å²) in [5.41, 5.74) is 0. The van der Waals surface area contributed by atoms with Crippen LogP contribution in [0.1, 0.15) is 19.3 Å². The van der Waals surface area contributed by atoms with Crippen molar-refractivity contribution in [3.05, 3.63) is 0 Å². The van der Waals surface area contributed by atoms with E-state index in [1.807, 2.05) is 0 Å². The molecule has 19 heavy (non-hydrogen) atoms. The van der Waals surface area contributed by atoms with Crippen LogP contribution in [0.15, 0.2) is 0 Å². The highest BCUT2D eigenvalue weighted by molar-refractivity contribution is 7.91. The van der Waals surface area contributed by atoms with Gasteiger partial charge in [-0.1, -0.05) is 0 Å². The van der Waals surface area contributed by atoms with Crippen molar-refractivity contribution in [2.45, 2.75) is 25.3 Å². The predicted molar refractivity (Wildman–Crippen MR) is 67.6 cm³/mol. The number of urea groups is 1. The second-order valence-electron chi connectivity index (χ2n) is 5.03. The quantitative estimate of drug-likeness (QED) is 0.775. The fraction of sp³-hybridized carbons (Fsp3) is 0.818. The van der Waals surface area contributed by atoms with E-state index >= 15 is 0 Å². The molecule has 0 aromatic carbocycles. The van der Waals surface area contributed by atoms with Gasteiger partial charge in [0.1, 0.15) is 6.54 Å². The molecule has 0 bridgehead atoms. The Balaban J connectivity index is 2.02. The van der Waals surface area contributed by atoms with Crippen LogP contribution < -0.4 is 0 Å². The van der Waals surface area contributed by atoms with E-state index in [-0.39, 0.29) is 36.7 Å². The summed E-state index contributed by atoms with van der Waals surface area (Å²) in [5, 5.41) is 8.84. The number of hydrogen-bond donors (Lipinski definition) is 1. The number of amides is 2. The van der Waals surface area contributed by atoms with Crippen molar-refractivity contribution < 1.29 is 23.1 Å². The maximum Gasteiger partial charge on any atom is 0.323 e. The zero-order valence-electron chi connectivity index (χ0n) is 10.6. The van der Waals surface area contributed by atoms with E-state index in [0.717, 1.165) is 12.8 Å². The van der Waals surface area contributed by atoms with E-state index in [9.17, 15) is 18.0 Å². The van der Waals surface area contributed by atoms with Crippen molar-refractivity contribution in [2.75, 3.05) is 31.1 Å². The normalized spacial score (nSPS) is 22.6. The Morgan fingerprint density at radius 3 is 2.47 bits per heavy atom. The van der Waals surface area contributed by atoms with Gasteiger partial charge in [0.25, 0.3) is 0 Å². The van der Waals surface area contributed by atoms with E-state index < -0.39 is 15.8 Å². The van der Waals surface area contributed by atoms with Crippen LogP contribution in [0.2, 0.25) is 0 Å². The summed E-state index contributed by atoms with van der Waals surface area (Å²) in [6.07, 6.45) is 2.07. The highest BCUT2D eigenvalue weighted by Crippen LogP contribution is 2.27. The van der Waals surface area contributed by atoms with Crippen molar-refractivity contribution in [2.24, 2.45) is 0 Å². The number of carbonyl (C=O) groups is 2. The van der Waals surface area contributed by atoms with E-state index in [1.54, 1.807) is 0 Å². The number of nitrogens with zero attached hydrogens (tertiary/aromatic N) is 2. The minimum atomic E-state index is -3.07. The number of carboxylic acid groups (broad SMARTS) is 1. The summed E-state index contributed by atoms with van der Waals surface area (Å²) >= 11 is 0. The Hall–Kier alpha value is -1.31. The van der Waals surface area contributed by atoms with E-state index in [0.29, 0.717) is 13.0 Å². The molecule has 1 aliphatic heterocycles. The lowest BCUT2D eigenvalue weighted by Gasteiger charge is -2.28. The summed E-state index contributed by atoms with van der Waals surface area (Å²) in [5.74, 6) is -0.980. The first-order chi connectivity index (χ1) is 8.89. The molecule has 7 nitrogen and oxygen atoms in total. The molecule has 0 aromatic heterocycles. The zero-order chi connectivity index (χ0) is 14.0. The third-order valence-electron chi connectivity index (χ3n) is 3.37.